The van der Waals surface area contributed by atoms with E-state index in [9.17, 15) is 4.79 Å². The summed E-state index contributed by atoms with van der Waals surface area (Å²) in [5.41, 5.74) is 3.10. The van der Waals surface area contributed by atoms with E-state index < -0.39 is 0 Å². The van der Waals surface area contributed by atoms with Gasteiger partial charge in [-0.1, -0.05) is 0 Å². The van der Waals surface area contributed by atoms with E-state index in [4.69, 9.17) is 19.2 Å². The quantitative estimate of drug-likeness (QED) is 0.579. The van der Waals surface area contributed by atoms with Crippen LogP contribution in [-0.2, 0) is 4.74 Å². The first-order valence-electron chi connectivity index (χ1n) is 10.2. The number of nitrogens with zero attached hydrogens (tertiary/aromatic N) is 5. The van der Waals surface area contributed by atoms with Crippen molar-refractivity contribution in [3.63, 3.8) is 0 Å². The number of ether oxygens (including phenoxy) is 3. The predicted molar refractivity (Wildman–Crippen MR) is 112 cm³/mol. The molecule has 5 rings (SSSR count). The maximum atomic E-state index is 13.0. The van der Waals surface area contributed by atoms with Gasteiger partial charge in [0.1, 0.15) is 0 Å². The molecule has 3 heterocycles. The van der Waals surface area contributed by atoms with Crippen molar-refractivity contribution in [1.82, 2.24) is 24.6 Å². The van der Waals surface area contributed by atoms with Gasteiger partial charge in [-0.25, -0.2) is 14.6 Å². The first-order valence-corrected chi connectivity index (χ1v) is 10.2. The predicted octanol–water partition coefficient (Wildman–Crippen LogP) is 2.65. The van der Waals surface area contributed by atoms with Gasteiger partial charge < -0.3 is 19.1 Å². The Labute approximate surface area is 179 Å². The van der Waals surface area contributed by atoms with E-state index >= 15 is 0 Å². The zero-order valence-corrected chi connectivity index (χ0v) is 17.4. The lowest BCUT2D eigenvalue weighted by Crippen LogP contribution is -2.30. The van der Waals surface area contributed by atoms with Crippen LogP contribution in [0.3, 0.4) is 0 Å². The summed E-state index contributed by atoms with van der Waals surface area (Å²) in [5, 5.41) is 4.49. The number of hydrogen-bond acceptors (Lipinski definition) is 7. The minimum absolute atomic E-state index is 0.0721. The number of amides is 1. The van der Waals surface area contributed by atoms with Crippen molar-refractivity contribution >= 4 is 5.91 Å². The third kappa shape index (κ3) is 3.72. The van der Waals surface area contributed by atoms with E-state index in [1.54, 1.807) is 36.1 Å². The van der Waals surface area contributed by atoms with Crippen LogP contribution in [0.2, 0.25) is 0 Å². The van der Waals surface area contributed by atoms with Crippen LogP contribution in [0.25, 0.3) is 17.2 Å². The second-order valence-corrected chi connectivity index (χ2v) is 7.66. The van der Waals surface area contributed by atoms with Gasteiger partial charge in [-0.3, -0.25) is 4.79 Å². The lowest BCUT2D eigenvalue weighted by Gasteiger charge is -2.17. The number of carbonyl (C=O) groups excluding carboxylic acids is 1. The molecule has 3 aromatic rings. The molecule has 2 aliphatic rings. The zero-order valence-electron chi connectivity index (χ0n) is 17.4. The lowest BCUT2D eigenvalue weighted by molar-refractivity contribution is 0.0743. The van der Waals surface area contributed by atoms with Gasteiger partial charge in [-0.2, -0.15) is 5.10 Å². The first-order chi connectivity index (χ1) is 15.2. The van der Waals surface area contributed by atoms with E-state index in [0.717, 1.165) is 35.5 Å². The number of fused-ring (bicyclic) bond motifs is 1. The third-order valence-electron chi connectivity index (χ3n) is 5.48. The average molecular weight is 421 g/mol. The summed E-state index contributed by atoms with van der Waals surface area (Å²) < 4.78 is 17.7. The number of rotatable bonds is 7. The highest BCUT2D eigenvalue weighted by Crippen LogP contribution is 2.42. The van der Waals surface area contributed by atoms with Gasteiger partial charge in [-0.05, 0) is 37.1 Å². The average Bonchev–Trinajstić information content (AvgIpc) is 3.36. The summed E-state index contributed by atoms with van der Waals surface area (Å²) in [5.74, 6) is 2.08. The Hall–Kier alpha value is -3.46. The second-order valence-electron chi connectivity index (χ2n) is 7.66. The van der Waals surface area contributed by atoms with E-state index in [2.05, 4.69) is 10.1 Å². The molecule has 1 aromatic carbocycles. The third-order valence-corrected chi connectivity index (χ3v) is 5.48. The summed E-state index contributed by atoms with van der Waals surface area (Å²) in [6.45, 7) is 1.22. The Morgan fingerprint density at radius 2 is 2.10 bits per heavy atom. The molecular formula is C22H23N5O4. The van der Waals surface area contributed by atoms with Crippen molar-refractivity contribution in [2.75, 3.05) is 34.1 Å². The van der Waals surface area contributed by atoms with Crippen LogP contribution in [0.1, 0.15) is 34.8 Å². The minimum Gasteiger partial charge on any atom is -0.454 e. The maximum Gasteiger partial charge on any atom is 0.257 e. The molecule has 160 valence electrons. The van der Waals surface area contributed by atoms with E-state index in [0.29, 0.717) is 30.4 Å². The van der Waals surface area contributed by atoms with Crippen molar-refractivity contribution in [2.24, 2.45) is 0 Å². The summed E-state index contributed by atoms with van der Waals surface area (Å²) in [4.78, 5) is 23.8. The van der Waals surface area contributed by atoms with Crippen LogP contribution in [-0.4, -0.2) is 64.7 Å². The highest BCUT2D eigenvalue weighted by molar-refractivity contribution is 5.95. The molecule has 0 unspecified atom stereocenters. The molecule has 9 heteroatoms. The van der Waals surface area contributed by atoms with Crippen LogP contribution in [0, 0.1) is 0 Å². The Kier molecular flexibility index (Phi) is 5.03. The Morgan fingerprint density at radius 1 is 1.26 bits per heavy atom. The lowest BCUT2D eigenvalue weighted by atomic mass is 10.1. The number of benzene rings is 1. The van der Waals surface area contributed by atoms with Crippen LogP contribution >= 0.6 is 0 Å². The van der Waals surface area contributed by atoms with Gasteiger partial charge in [0.25, 0.3) is 11.9 Å². The molecule has 0 bridgehead atoms. The molecule has 2 aromatic heterocycles. The van der Waals surface area contributed by atoms with Crippen molar-refractivity contribution < 1.29 is 19.0 Å². The standard InChI is InChI=1S/C22H23N5O4/c1-26(9-10-29-2)21(28)16-12-24-27(20(16)14-3-4-14)22-23-8-7-17(25-22)15-5-6-18-19(11-15)31-13-30-18/h5-8,11-12,14H,3-4,9-10,13H2,1-2H3. The Balaban J connectivity index is 1.49. The van der Waals surface area contributed by atoms with Crippen LogP contribution in [0.4, 0.5) is 0 Å². The smallest absolute Gasteiger partial charge is 0.257 e. The van der Waals surface area contributed by atoms with Crippen molar-refractivity contribution in [3.05, 3.63) is 47.9 Å². The number of methoxy groups -OCH3 is 1. The summed E-state index contributed by atoms with van der Waals surface area (Å²) in [7, 11) is 3.39. The molecule has 0 radical (unpaired) electrons. The van der Waals surface area contributed by atoms with E-state index in [1.807, 2.05) is 24.3 Å². The normalized spacial score (nSPS) is 14.6. The molecule has 0 saturated heterocycles. The van der Waals surface area contributed by atoms with Gasteiger partial charge in [0.2, 0.25) is 6.79 Å². The molecule has 0 N–H and O–H groups in total. The van der Waals surface area contributed by atoms with Gasteiger partial charge in [0.15, 0.2) is 11.5 Å². The van der Waals surface area contributed by atoms with Crippen LogP contribution in [0.15, 0.2) is 36.7 Å². The first kappa shape index (κ1) is 19.5. The highest BCUT2D eigenvalue weighted by Gasteiger charge is 2.34. The monoisotopic (exact) mass is 421 g/mol. The molecule has 1 aliphatic heterocycles. The molecule has 1 aliphatic carbocycles. The van der Waals surface area contributed by atoms with Crippen molar-refractivity contribution in [2.45, 2.75) is 18.8 Å². The zero-order chi connectivity index (χ0) is 21.4. The Morgan fingerprint density at radius 3 is 2.90 bits per heavy atom. The maximum absolute atomic E-state index is 13.0. The van der Waals surface area contributed by atoms with Gasteiger partial charge in [0.05, 0.1) is 29.8 Å². The van der Waals surface area contributed by atoms with Gasteiger partial charge in [0, 0.05) is 38.4 Å². The Bertz CT molecular complexity index is 1120. The van der Waals surface area contributed by atoms with Crippen molar-refractivity contribution in [3.8, 4) is 28.7 Å². The molecule has 0 atom stereocenters. The molecule has 1 amide bonds. The topological polar surface area (TPSA) is 91.6 Å². The molecule has 31 heavy (non-hydrogen) atoms. The molecular weight excluding hydrogens is 398 g/mol. The second kappa shape index (κ2) is 7.99. The number of likely N-dealkylation sites (N-methyl/N-ethyl adjacent to an activating group) is 1. The fourth-order valence-electron chi connectivity index (χ4n) is 3.63. The molecule has 1 fully saturated rings. The summed E-state index contributed by atoms with van der Waals surface area (Å²) in [6.07, 6.45) is 5.37. The number of carbonyl (C=O) groups is 1. The van der Waals surface area contributed by atoms with Gasteiger partial charge in [-0.15, -0.1) is 0 Å². The molecule has 0 spiro atoms. The molecule has 1 saturated carbocycles. The largest absolute Gasteiger partial charge is 0.454 e. The molecule has 9 nitrogen and oxygen atoms in total. The van der Waals surface area contributed by atoms with E-state index in [-0.39, 0.29) is 18.6 Å². The van der Waals surface area contributed by atoms with Crippen molar-refractivity contribution in [1.29, 1.82) is 0 Å². The van der Waals surface area contributed by atoms with E-state index in [1.165, 1.54) is 0 Å². The van der Waals surface area contributed by atoms with Crippen LogP contribution < -0.4 is 9.47 Å². The number of hydrogen-bond donors (Lipinski definition) is 0. The summed E-state index contributed by atoms with van der Waals surface area (Å²) >= 11 is 0. The fraction of sp³-hybridized carbons (Fsp3) is 0.364. The van der Waals surface area contributed by atoms with Gasteiger partial charge >= 0.3 is 0 Å². The SMILES string of the molecule is COCCN(C)C(=O)c1cnn(-c2nccc(-c3ccc4c(c3)OCO4)n2)c1C1CC1. The fourth-order valence-corrected chi connectivity index (χ4v) is 3.63. The summed E-state index contributed by atoms with van der Waals surface area (Å²) in [6, 6.07) is 7.55. The minimum atomic E-state index is -0.0721. The number of aromatic nitrogens is 4. The van der Waals surface area contributed by atoms with Crippen LogP contribution in [0.5, 0.6) is 11.5 Å². The highest BCUT2D eigenvalue weighted by atomic mass is 16.7.